The Balaban J connectivity index is 1.52. The van der Waals surface area contributed by atoms with Gasteiger partial charge in [0.05, 0.1) is 5.69 Å². The van der Waals surface area contributed by atoms with Crippen LogP contribution >= 0.6 is 0 Å². The SMILES string of the molecule is Cc1cc(C)n(C[C@@H](C)CNCc2ccc(-n3cncn3)c(F)c2)n1. The Hall–Kier alpha value is -2.54. The molecule has 6 nitrogen and oxygen atoms in total. The maximum absolute atomic E-state index is 14.2. The largest absolute Gasteiger partial charge is 0.312 e. The molecule has 3 rings (SSSR count). The number of aryl methyl sites for hydroxylation is 2. The van der Waals surface area contributed by atoms with Crippen LogP contribution in [0.2, 0.25) is 0 Å². The first-order chi connectivity index (χ1) is 12.0. The number of rotatable bonds is 7. The molecule has 0 aliphatic heterocycles. The highest BCUT2D eigenvalue weighted by Crippen LogP contribution is 2.14. The third-order valence-electron chi connectivity index (χ3n) is 4.09. The van der Waals surface area contributed by atoms with E-state index < -0.39 is 0 Å². The van der Waals surface area contributed by atoms with Gasteiger partial charge in [-0.1, -0.05) is 13.0 Å². The number of hydrogen-bond acceptors (Lipinski definition) is 4. The first kappa shape index (κ1) is 17.3. The molecule has 25 heavy (non-hydrogen) atoms. The predicted molar refractivity (Wildman–Crippen MR) is 93.9 cm³/mol. The minimum absolute atomic E-state index is 0.305. The molecule has 0 radical (unpaired) electrons. The number of hydrogen-bond donors (Lipinski definition) is 1. The van der Waals surface area contributed by atoms with Crippen molar-refractivity contribution < 1.29 is 4.39 Å². The maximum Gasteiger partial charge on any atom is 0.149 e. The molecule has 0 aliphatic carbocycles. The average Bonchev–Trinajstić information content (AvgIpc) is 3.18. The second-order valence-electron chi connectivity index (χ2n) is 6.47. The molecule has 0 spiro atoms. The van der Waals surface area contributed by atoms with Gasteiger partial charge in [-0.15, -0.1) is 0 Å². The first-order valence-corrected chi connectivity index (χ1v) is 8.38. The summed E-state index contributed by atoms with van der Waals surface area (Å²) >= 11 is 0. The summed E-state index contributed by atoms with van der Waals surface area (Å²) in [5.74, 6) is 0.123. The summed E-state index contributed by atoms with van der Waals surface area (Å²) in [6.45, 7) is 8.58. The Morgan fingerprint density at radius 2 is 2.08 bits per heavy atom. The smallest absolute Gasteiger partial charge is 0.149 e. The van der Waals surface area contributed by atoms with Crippen molar-refractivity contribution in [1.29, 1.82) is 0 Å². The molecule has 0 saturated carbocycles. The van der Waals surface area contributed by atoms with Gasteiger partial charge in [-0.2, -0.15) is 10.2 Å². The van der Waals surface area contributed by atoms with Crippen molar-refractivity contribution in [2.75, 3.05) is 6.54 Å². The molecule has 2 aromatic heterocycles. The lowest BCUT2D eigenvalue weighted by atomic mass is 10.1. The van der Waals surface area contributed by atoms with Gasteiger partial charge in [0.25, 0.3) is 0 Å². The highest BCUT2D eigenvalue weighted by atomic mass is 19.1. The second kappa shape index (κ2) is 7.57. The summed E-state index contributed by atoms with van der Waals surface area (Å²) < 4.78 is 17.7. The van der Waals surface area contributed by atoms with Crippen molar-refractivity contribution in [3.05, 3.63) is 59.7 Å². The van der Waals surface area contributed by atoms with Crippen LogP contribution in [0.15, 0.2) is 36.9 Å². The molecule has 2 heterocycles. The van der Waals surface area contributed by atoms with Gasteiger partial charge in [-0.3, -0.25) is 4.68 Å². The normalized spacial score (nSPS) is 12.5. The van der Waals surface area contributed by atoms with Gasteiger partial charge in [0.1, 0.15) is 24.2 Å². The van der Waals surface area contributed by atoms with E-state index in [2.05, 4.69) is 40.4 Å². The van der Waals surface area contributed by atoms with Crippen molar-refractivity contribution in [3.8, 4) is 5.69 Å². The van der Waals surface area contributed by atoms with E-state index in [1.54, 1.807) is 6.07 Å². The minimum atomic E-state index is -0.305. The molecule has 3 aromatic rings. The molecular formula is C18H23FN6. The molecule has 0 saturated heterocycles. The van der Waals surface area contributed by atoms with Crippen LogP contribution in [0, 0.1) is 25.6 Å². The predicted octanol–water partition coefficient (Wildman–Crippen LogP) is 2.65. The fourth-order valence-corrected chi connectivity index (χ4v) is 2.86. The lowest BCUT2D eigenvalue weighted by Crippen LogP contribution is -2.24. The van der Waals surface area contributed by atoms with Crippen LogP contribution in [0.1, 0.15) is 23.9 Å². The quantitative estimate of drug-likeness (QED) is 0.717. The number of nitrogens with zero attached hydrogens (tertiary/aromatic N) is 5. The third kappa shape index (κ3) is 4.30. The lowest BCUT2D eigenvalue weighted by molar-refractivity contribution is 0.415. The molecule has 0 amide bonds. The van der Waals surface area contributed by atoms with Crippen LogP contribution < -0.4 is 5.32 Å². The van der Waals surface area contributed by atoms with E-state index in [4.69, 9.17) is 0 Å². The Labute approximate surface area is 146 Å². The third-order valence-corrected chi connectivity index (χ3v) is 4.09. The highest BCUT2D eigenvalue weighted by molar-refractivity contribution is 5.35. The fraction of sp³-hybridized carbons (Fsp3) is 0.389. The fourth-order valence-electron chi connectivity index (χ4n) is 2.86. The van der Waals surface area contributed by atoms with Gasteiger partial charge in [0, 0.05) is 18.8 Å². The monoisotopic (exact) mass is 342 g/mol. The Kier molecular flexibility index (Phi) is 5.23. The molecule has 0 fully saturated rings. The summed E-state index contributed by atoms with van der Waals surface area (Å²) in [6, 6.07) is 7.24. The van der Waals surface area contributed by atoms with Crippen molar-refractivity contribution in [3.63, 3.8) is 0 Å². The van der Waals surface area contributed by atoms with Gasteiger partial charge in [0.15, 0.2) is 0 Å². The molecule has 0 unspecified atom stereocenters. The van der Waals surface area contributed by atoms with Crippen molar-refractivity contribution in [2.24, 2.45) is 5.92 Å². The van der Waals surface area contributed by atoms with E-state index in [9.17, 15) is 4.39 Å². The van der Waals surface area contributed by atoms with E-state index >= 15 is 0 Å². The molecule has 1 atom stereocenters. The van der Waals surface area contributed by atoms with Crippen molar-refractivity contribution >= 4 is 0 Å². The van der Waals surface area contributed by atoms with Crippen LogP contribution in [-0.2, 0) is 13.1 Å². The minimum Gasteiger partial charge on any atom is -0.312 e. The Morgan fingerprint density at radius 3 is 2.72 bits per heavy atom. The molecule has 0 aliphatic rings. The molecule has 7 heteroatoms. The van der Waals surface area contributed by atoms with Gasteiger partial charge >= 0.3 is 0 Å². The summed E-state index contributed by atoms with van der Waals surface area (Å²) in [5, 5.41) is 11.8. The van der Waals surface area contributed by atoms with Gasteiger partial charge in [-0.05, 0) is 50.1 Å². The van der Waals surface area contributed by atoms with Crippen LogP contribution in [0.4, 0.5) is 4.39 Å². The van der Waals surface area contributed by atoms with E-state index in [1.165, 1.54) is 29.1 Å². The van der Waals surface area contributed by atoms with E-state index in [0.29, 0.717) is 18.2 Å². The van der Waals surface area contributed by atoms with E-state index in [0.717, 1.165) is 24.3 Å². The number of aromatic nitrogens is 5. The number of nitrogens with one attached hydrogen (secondary N) is 1. The molecule has 132 valence electrons. The van der Waals surface area contributed by atoms with Crippen LogP contribution in [0.3, 0.4) is 0 Å². The summed E-state index contributed by atoms with van der Waals surface area (Å²) in [6.07, 6.45) is 2.87. The number of benzene rings is 1. The first-order valence-electron chi connectivity index (χ1n) is 8.38. The average molecular weight is 342 g/mol. The molecule has 1 aromatic carbocycles. The standard InChI is InChI=1S/C18H23FN6/c1-13(10-24-15(3)6-14(2)23-24)8-20-9-16-4-5-18(17(19)7-16)25-12-21-11-22-25/h4-7,11-13,20H,8-10H2,1-3H3/t13-/m0/s1. The zero-order valence-corrected chi connectivity index (χ0v) is 14.8. The van der Waals surface area contributed by atoms with E-state index in [-0.39, 0.29) is 5.82 Å². The van der Waals surface area contributed by atoms with E-state index in [1.807, 2.05) is 17.7 Å². The Morgan fingerprint density at radius 1 is 1.24 bits per heavy atom. The zero-order chi connectivity index (χ0) is 17.8. The van der Waals surface area contributed by atoms with Crippen LogP contribution in [0.5, 0.6) is 0 Å². The highest BCUT2D eigenvalue weighted by Gasteiger charge is 2.09. The maximum atomic E-state index is 14.2. The molecule has 0 bridgehead atoms. The zero-order valence-electron chi connectivity index (χ0n) is 14.8. The topological polar surface area (TPSA) is 60.6 Å². The van der Waals surface area contributed by atoms with Gasteiger partial charge in [0.2, 0.25) is 0 Å². The second-order valence-corrected chi connectivity index (χ2v) is 6.47. The van der Waals surface area contributed by atoms with Gasteiger partial charge < -0.3 is 5.32 Å². The molecule has 1 N–H and O–H groups in total. The lowest BCUT2D eigenvalue weighted by Gasteiger charge is -2.14. The summed E-state index contributed by atoms with van der Waals surface area (Å²) in [7, 11) is 0. The van der Waals surface area contributed by atoms with Crippen molar-refractivity contribution in [1.82, 2.24) is 29.9 Å². The number of halogens is 1. The van der Waals surface area contributed by atoms with Crippen LogP contribution in [-0.4, -0.2) is 31.1 Å². The summed E-state index contributed by atoms with van der Waals surface area (Å²) in [5.41, 5.74) is 3.52. The Bertz CT molecular complexity index is 824. The molecular weight excluding hydrogens is 319 g/mol. The van der Waals surface area contributed by atoms with Crippen molar-refractivity contribution in [2.45, 2.75) is 33.9 Å². The van der Waals surface area contributed by atoms with Gasteiger partial charge in [-0.25, -0.2) is 14.1 Å². The summed E-state index contributed by atoms with van der Waals surface area (Å²) in [4.78, 5) is 3.84. The van der Waals surface area contributed by atoms with Crippen LogP contribution in [0.25, 0.3) is 5.69 Å².